The van der Waals surface area contributed by atoms with Gasteiger partial charge in [0.2, 0.25) is 0 Å². The Morgan fingerprint density at radius 1 is 0.841 bits per heavy atom. The zero-order valence-electron chi connectivity index (χ0n) is 35.5. The van der Waals surface area contributed by atoms with Crippen LogP contribution in [0, 0.1) is 16.7 Å². The number of aliphatic hydroxyl groups is 4. The average Bonchev–Trinajstić information content (AvgIpc) is 3.26. The van der Waals surface area contributed by atoms with E-state index in [1.807, 2.05) is 24.3 Å². The molecule has 3 fully saturated rings. The molecule has 0 radical (unpaired) electrons. The van der Waals surface area contributed by atoms with Crippen molar-refractivity contribution in [3.05, 3.63) is 131 Å². The van der Waals surface area contributed by atoms with Gasteiger partial charge < -0.3 is 44.7 Å². The number of amides is 1. The number of benzene rings is 4. The van der Waals surface area contributed by atoms with Gasteiger partial charge in [-0.3, -0.25) is 14.4 Å². The predicted octanol–water partition coefficient (Wildman–Crippen LogP) is 4.32. The Hall–Kier alpha value is -5.77. The van der Waals surface area contributed by atoms with E-state index in [4.69, 9.17) is 18.9 Å². The second-order valence-electron chi connectivity index (χ2n) is 18.0. The monoisotopic (exact) mass is 861 g/mol. The average molecular weight is 862 g/mol. The maximum absolute atomic E-state index is 15.1. The first-order chi connectivity index (χ1) is 29.8. The highest BCUT2D eigenvalue weighted by Gasteiger charge is 2.78. The van der Waals surface area contributed by atoms with E-state index in [1.165, 1.54) is 26.0 Å². The molecule has 1 heterocycles. The van der Waals surface area contributed by atoms with Gasteiger partial charge in [-0.1, -0.05) is 86.6 Å². The highest BCUT2D eigenvalue weighted by atomic mass is 16.6. The van der Waals surface area contributed by atoms with Crippen molar-refractivity contribution in [3.63, 3.8) is 0 Å². The minimum atomic E-state index is -2.36. The largest absolute Gasteiger partial charge is 0.456 e. The molecular formula is C49H51NO13. The van der Waals surface area contributed by atoms with Gasteiger partial charge in [0, 0.05) is 30.7 Å². The maximum Gasteiger partial charge on any atom is 0.338 e. The lowest BCUT2D eigenvalue weighted by molar-refractivity contribution is -0.346. The summed E-state index contributed by atoms with van der Waals surface area (Å²) < 4.78 is 24.4. The van der Waals surface area contributed by atoms with Crippen LogP contribution < -0.4 is 5.32 Å². The summed E-state index contributed by atoms with van der Waals surface area (Å²) in [5.41, 5.74) is -6.92. The summed E-state index contributed by atoms with van der Waals surface area (Å²) >= 11 is 0. The molecule has 4 aromatic rings. The fourth-order valence-corrected chi connectivity index (χ4v) is 10.7. The van der Waals surface area contributed by atoms with Crippen LogP contribution in [0.5, 0.6) is 0 Å². The third-order valence-electron chi connectivity index (χ3n) is 14.2. The fourth-order valence-electron chi connectivity index (χ4n) is 10.7. The van der Waals surface area contributed by atoms with Gasteiger partial charge in [-0.05, 0) is 71.7 Å². The summed E-state index contributed by atoms with van der Waals surface area (Å²) in [5, 5.41) is 54.2. The number of nitrogens with one attached hydrogen (secondary N) is 1. The van der Waals surface area contributed by atoms with Crippen molar-refractivity contribution in [1.29, 1.82) is 0 Å². The molecule has 14 heteroatoms. The van der Waals surface area contributed by atoms with Crippen LogP contribution in [0.3, 0.4) is 0 Å². The van der Waals surface area contributed by atoms with E-state index in [0.29, 0.717) is 5.56 Å². The zero-order chi connectivity index (χ0) is 45.2. The van der Waals surface area contributed by atoms with Gasteiger partial charge >= 0.3 is 17.9 Å². The fraction of sp³-hybridized carbons (Fsp3) is 0.408. The number of fused-ring (bicyclic) bond motifs is 6. The molecule has 14 nitrogen and oxygen atoms in total. The summed E-state index contributed by atoms with van der Waals surface area (Å²) in [7, 11) is 0. The topological polar surface area (TPSA) is 215 Å². The maximum atomic E-state index is 15.1. The number of Topliss-reactive ketones (excluding diaryl/α,β-unsaturated/α-hetero) is 1. The van der Waals surface area contributed by atoms with Gasteiger partial charge in [0.15, 0.2) is 17.5 Å². The Labute approximate surface area is 363 Å². The van der Waals surface area contributed by atoms with Crippen molar-refractivity contribution in [2.45, 2.75) is 101 Å². The van der Waals surface area contributed by atoms with Gasteiger partial charge in [-0.25, -0.2) is 9.59 Å². The molecule has 8 unspecified atom stereocenters. The van der Waals surface area contributed by atoms with Gasteiger partial charge in [0.05, 0.1) is 35.6 Å². The minimum Gasteiger partial charge on any atom is -0.456 e. The molecule has 4 aliphatic rings. The normalized spacial score (nSPS) is 31.7. The highest BCUT2D eigenvalue weighted by molar-refractivity contribution is 5.96. The number of aliphatic hydroxyl groups excluding tert-OH is 3. The molecule has 4 aromatic carbocycles. The Morgan fingerprint density at radius 2 is 1.46 bits per heavy atom. The number of esters is 3. The number of carbonyl (C=O) groups excluding carboxylic acids is 5. The van der Waals surface area contributed by atoms with Gasteiger partial charge in [0.25, 0.3) is 5.91 Å². The number of carbonyl (C=O) groups is 5. The molecule has 330 valence electrons. The number of ether oxygens (including phenoxy) is 4. The number of hydrogen-bond donors (Lipinski definition) is 5. The van der Waals surface area contributed by atoms with E-state index in [-0.39, 0.29) is 35.3 Å². The van der Waals surface area contributed by atoms with Crippen molar-refractivity contribution in [1.82, 2.24) is 5.32 Å². The summed E-state index contributed by atoms with van der Waals surface area (Å²) in [4.78, 5) is 70.3. The van der Waals surface area contributed by atoms with Crippen LogP contribution in [0.25, 0.3) is 10.8 Å². The Balaban J connectivity index is 1.24. The number of rotatable bonds is 9. The molecular weight excluding hydrogens is 811 g/mol. The molecule has 1 saturated heterocycles. The van der Waals surface area contributed by atoms with Gasteiger partial charge in [-0.15, -0.1) is 0 Å². The SMILES string of the molecule is CC(=O)OC12COC1CC(O)C1(C)C(=O)C(O)C3=C(C)[C@@H](OC(=O)[C@H](O)[C@@H](NC(=O)c4ccccc4)c4ccc5ccccc5c4)CC(O)(C(OC(=O)c4ccccc4)C21)C3(C)C. The first-order valence-electron chi connectivity index (χ1n) is 21.0. The molecule has 8 rings (SSSR count). The molecule has 2 saturated carbocycles. The Bertz CT molecular complexity index is 2510. The summed E-state index contributed by atoms with van der Waals surface area (Å²) in [6.45, 7) is 6.91. The van der Waals surface area contributed by atoms with Crippen LogP contribution in [0.2, 0.25) is 0 Å². The lowest BCUT2D eigenvalue weighted by Crippen LogP contribution is -2.81. The highest BCUT2D eigenvalue weighted by Crippen LogP contribution is 2.64. The van der Waals surface area contributed by atoms with Crippen molar-refractivity contribution < 1.29 is 63.3 Å². The first kappa shape index (κ1) is 43.9. The van der Waals surface area contributed by atoms with E-state index >= 15 is 4.79 Å². The Morgan fingerprint density at radius 3 is 2.08 bits per heavy atom. The van der Waals surface area contributed by atoms with E-state index < -0.39 is 107 Å². The van der Waals surface area contributed by atoms with Gasteiger partial charge in [-0.2, -0.15) is 0 Å². The number of ketones is 1. The molecule has 1 aliphatic heterocycles. The molecule has 2 bridgehead atoms. The molecule has 1 amide bonds. The molecule has 3 aliphatic carbocycles. The van der Waals surface area contributed by atoms with Crippen LogP contribution >= 0.6 is 0 Å². The quantitative estimate of drug-likeness (QED) is 0.0902. The van der Waals surface area contributed by atoms with Crippen LogP contribution in [0.15, 0.2) is 114 Å². The summed E-state index contributed by atoms with van der Waals surface area (Å²) in [5.74, 6) is -5.92. The molecule has 5 N–H and O–H groups in total. The second-order valence-corrected chi connectivity index (χ2v) is 18.0. The van der Waals surface area contributed by atoms with Crippen LogP contribution in [0.1, 0.15) is 79.8 Å². The number of hydrogen-bond acceptors (Lipinski definition) is 13. The van der Waals surface area contributed by atoms with Crippen molar-refractivity contribution in [2.24, 2.45) is 16.7 Å². The lowest BCUT2D eigenvalue weighted by atomic mass is 9.44. The summed E-state index contributed by atoms with van der Waals surface area (Å²) in [6, 6.07) is 27.4. The second kappa shape index (κ2) is 16.1. The molecule has 0 spiro atoms. The molecule has 11 atom stereocenters. The predicted molar refractivity (Wildman–Crippen MR) is 226 cm³/mol. The van der Waals surface area contributed by atoms with Crippen molar-refractivity contribution >= 4 is 40.4 Å². The smallest absolute Gasteiger partial charge is 0.338 e. The van der Waals surface area contributed by atoms with E-state index in [9.17, 15) is 39.6 Å². The third-order valence-corrected chi connectivity index (χ3v) is 14.2. The van der Waals surface area contributed by atoms with Crippen molar-refractivity contribution in [2.75, 3.05) is 6.61 Å². The van der Waals surface area contributed by atoms with E-state index in [2.05, 4.69) is 5.32 Å². The van der Waals surface area contributed by atoms with Crippen molar-refractivity contribution in [3.8, 4) is 0 Å². The summed E-state index contributed by atoms with van der Waals surface area (Å²) in [6.07, 6.45) is -10.6. The van der Waals surface area contributed by atoms with Crippen LogP contribution in [-0.4, -0.2) is 104 Å². The van der Waals surface area contributed by atoms with Crippen LogP contribution in [-0.2, 0) is 33.3 Å². The zero-order valence-corrected chi connectivity index (χ0v) is 35.5. The minimum absolute atomic E-state index is 0.0573. The third kappa shape index (κ3) is 7.04. The van der Waals surface area contributed by atoms with E-state index in [0.717, 1.165) is 17.7 Å². The lowest BCUT2D eigenvalue weighted by Gasteiger charge is -2.67. The van der Waals surface area contributed by atoms with E-state index in [1.54, 1.807) is 80.6 Å². The molecule has 63 heavy (non-hydrogen) atoms. The van der Waals surface area contributed by atoms with Crippen LogP contribution in [0.4, 0.5) is 0 Å². The molecule has 0 aromatic heterocycles. The van der Waals surface area contributed by atoms with Gasteiger partial charge in [0.1, 0.15) is 30.0 Å². The standard InChI is InChI=1S/C49H51NO13/c1-26-33(61-45(58)39(54)37(50-43(56)29-15-8-6-9-16-29)32-21-20-28-14-12-13-19-31(28)22-32)24-49(59)42(62-44(57)30-17-10-7-11-18-30)40-47(5,41(55)38(53)36(26)46(49,3)4)34(52)23-35-48(40,25-60-35)63-27(2)51/h6-22,33-35,37-40,42,52-54,59H,23-25H2,1-5H3,(H,50,56)/t33-,34?,35?,37-,38?,39+,40?,42?,47?,48?,49?/m0/s1. The Kier molecular flexibility index (Phi) is 11.2. The first-order valence-corrected chi connectivity index (χ1v) is 21.0.